The molecule has 0 saturated carbocycles. The summed E-state index contributed by atoms with van der Waals surface area (Å²) >= 11 is 4.83. The Kier molecular flexibility index (Phi) is 5.45. The van der Waals surface area contributed by atoms with Crippen LogP contribution in [-0.4, -0.2) is 30.6 Å². The monoisotopic (exact) mass is 365 g/mol. The van der Waals surface area contributed by atoms with E-state index in [1.54, 1.807) is 10.4 Å². The number of aryl methyl sites for hydroxylation is 1. The molecular weight excluding hydrogens is 346 g/mol. The van der Waals surface area contributed by atoms with Gasteiger partial charge >= 0.3 is 0 Å². The molecule has 0 aromatic carbocycles. The maximum atomic E-state index is 12.7. The molecule has 0 spiro atoms. The summed E-state index contributed by atoms with van der Waals surface area (Å²) in [6.45, 7) is 2.73. The van der Waals surface area contributed by atoms with Crippen LogP contribution in [0.3, 0.4) is 0 Å². The molecule has 2 heterocycles. The zero-order valence-electron chi connectivity index (χ0n) is 11.1. The van der Waals surface area contributed by atoms with Gasteiger partial charge in [-0.05, 0) is 44.2 Å². The first-order chi connectivity index (χ1) is 9.09. The molecule has 0 radical (unpaired) electrons. The Hall–Kier alpha value is 0.0900. The van der Waals surface area contributed by atoms with E-state index in [9.17, 15) is 8.42 Å². The van der Waals surface area contributed by atoms with Gasteiger partial charge in [0.1, 0.15) is 4.21 Å². The summed E-state index contributed by atoms with van der Waals surface area (Å²) in [5, 5.41) is 0.941. The molecule has 1 unspecified atom stereocenters. The second-order valence-electron chi connectivity index (χ2n) is 4.82. The first-order valence-corrected chi connectivity index (χ1v) is 10.1. The van der Waals surface area contributed by atoms with Crippen molar-refractivity contribution in [3.05, 3.63) is 17.0 Å². The summed E-state index contributed by atoms with van der Waals surface area (Å²) < 4.78 is 27.6. The second kappa shape index (κ2) is 6.70. The number of thiophene rings is 1. The molecule has 3 nitrogen and oxygen atoms in total. The first-order valence-electron chi connectivity index (χ1n) is 6.76. The van der Waals surface area contributed by atoms with Crippen LogP contribution in [0.1, 0.15) is 37.5 Å². The van der Waals surface area contributed by atoms with Crippen LogP contribution in [0.25, 0.3) is 0 Å². The average molecular weight is 366 g/mol. The van der Waals surface area contributed by atoms with Gasteiger partial charge in [-0.15, -0.1) is 11.3 Å². The molecule has 1 aliphatic rings. The van der Waals surface area contributed by atoms with Gasteiger partial charge in [-0.1, -0.05) is 22.9 Å². The zero-order valence-corrected chi connectivity index (χ0v) is 14.4. The number of hydrogen-bond acceptors (Lipinski definition) is 3. The van der Waals surface area contributed by atoms with Crippen molar-refractivity contribution in [2.75, 3.05) is 11.9 Å². The molecule has 19 heavy (non-hydrogen) atoms. The summed E-state index contributed by atoms with van der Waals surface area (Å²) in [7, 11) is -3.27. The van der Waals surface area contributed by atoms with E-state index in [0.717, 1.165) is 42.3 Å². The van der Waals surface area contributed by atoms with E-state index in [2.05, 4.69) is 22.9 Å². The Morgan fingerprint density at radius 2 is 2.26 bits per heavy atom. The third kappa shape index (κ3) is 3.40. The number of rotatable bonds is 6. The van der Waals surface area contributed by atoms with Gasteiger partial charge in [0.2, 0.25) is 0 Å². The van der Waals surface area contributed by atoms with Crippen LogP contribution in [0.4, 0.5) is 0 Å². The van der Waals surface area contributed by atoms with Gasteiger partial charge in [-0.25, -0.2) is 8.42 Å². The molecule has 6 heteroatoms. The Morgan fingerprint density at radius 3 is 2.89 bits per heavy atom. The summed E-state index contributed by atoms with van der Waals surface area (Å²) in [6, 6.07) is 3.88. The van der Waals surface area contributed by atoms with Crippen molar-refractivity contribution in [2.45, 2.75) is 49.3 Å². The molecule has 0 aliphatic carbocycles. The third-order valence-electron chi connectivity index (χ3n) is 3.54. The quantitative estimate of drug-likeness (QED) is 0.721. The minimum Gasteiger partial charge on any atom is -0.206 e. The molecule has 0 N–H and O–H groups in total. The Labute approximate surface area is 128 Å². The lowest BCUT2D eigenvalue weighted by molar-refractivity contribution is 0.370. The second-order valence-corrected chi connectivity index (χ2v) is 8.90. The van der Waals surface area contributed by atoms with Gasteiger partial charge in [0, 0.05) is 22.8 Å². The van der Waals surface area contributed by atoms with Crippen molar-refractivity contribution < 1.29 is 8.42 Å². The molecule has 1 aromatic rings. The SMILES string of the molecule is CCc1ccc(S(=O)(=O)N2CCCC2CCCBr)s1. The van der Waals surface area contributed by atoms with Crippen LogP contribution in [0.5, 0.6) is 0 Å². The van der Waals surface area contributed by atoms with Crippen LogP contribution in [0.15, 0.2) is 16.3 Å². The Bertz CT molecular complexity index is 512. The predicted molar refractivity (Wildman–Crippen MR) is 83.6 cm³/mol. The van der Waals surface area contributed by atoms with E-state index in [4.69, 9.17) is 0 Å². The van der Waals surface area contributed by atoms with Crippen LogP contribution >= 0.6 is 27.3 Å². The van der Waals surface area contributed by atoms with Crippen LogP contribution in [-0.2, 0) is 16.4 Å². The van der Waals surface area contributed by atoms with Crippen molar-refractivity contribution in [1.82, 2.24) is 4.31 Å². The number of sulfonamides is 1. The van der Waals surface area contributed by atoms with Crippen molar-refractivity contribution >= 4 is 37.3 Å². The van der Waals surface area contributed by atoms with Crippen LogP contribution in [0.2, 0.25) is 0 Å². The molecule has 1 fully saturated rings. The number of alkyl halides is 1. The van der Waals surface area contributed by atoms with E-state index in [1.165, 1.54) is 11.3 Å². The largest absolute Gasteiger partial charge is 0.252 e. The average Bonchev–Trinajstić information content (AvgIpc) is 3.05. The highest BCUT2D eigenvalue weighted by atomic mass is 79.9. The maximum absolute atomic E-state index is 12.7. The molecule has 1 aromatic heterocycles. The number of hydrogen-bond donors (Lipinski definition) is 0. The normalized spacial score (nSPS) is 21.1. The molecule has 2 rings (SSSR count). The predicted octanol–water partition coefficient (Wildman–Crippen LogP) is 3.64. The fraction of sp³-hybridized carbons (Fsp3) is 0.692. The Morgan fingerprint density at radius 1 is 1.47 bits per heavy atom. The highest BCUT2D eigenvalue weighted by Crippen LogP contribution is 2.32. The molecule has 108 valence electrons. The lowest BCUT2D eigenvalue weighted by atomic mass is 10.1. The molecule has 0 bridgehead atoms. The van der Waals surface area contributed by atoms with E-state index < -0.39 is 10.0 Å². The van der Waals surface area contributed by atoms with Gasteiger partial charge in [-0.3, -0.25) is 0 Å². The molecule has 1 aliphatic heterocycles. The molecule has 1 saturated heterocycles. The van der Waals surface area contributed by atoms with E-state index >= 15 is 0 Å². The minimum atomic E-state index is -3.27. The van der Waals surface area contributed by atoms with Crippen molar-refractivity contribution in [2.24, 2.45) is 0 Å². The highest BCUT2D eigenvalue weighted by molar-refractivity contribution is 9.09. The summed E-state index contributed by atoms with van der Waals surface area (Å²) in [5.41, 5.74) is 0. The summed E-state index contributed by atoms with van der Waals surface area (Å²) in [6.07, 6.45) is 4.86. The van der Waals surface area contributed by atoms with E-state index in [-0.39, 0.29) is 6.04 Å². The van der Waals surface area contributed by atoms with Crippen LogP contribution in [0, 0.1) is 0 Å². The molecule has 0 amide bonds. The number of halogens is 1. The Balaban J connectivity index is 2.18. The maximum Gasteiger partial charge on any atom is 0.252 e. The van der Waals surface area contributed by atoms with Gasteiger partial charge in [0.05, 0.1) is 0 Å². The van der Waals surface area contributed by atoms with Gasteiger partial charge in [0.25, 0.3) is 10.0 Å². The van der Waals surface area contributed by atoms with E-state index in [1.807, 2.05) is 6.07 Å². The van der Waals surface area contributed by atoms with Crippen LogP contribution < -0.4 is 0 Å². The van der Waals surface area contributed by atoms with E-state index in [0.29, 0.717) is 10.8 Å². The molecule has 1 atom stereocenters. The van der Waals surface area contributed by atoms with Gasteiger partial charge in [0.15, 0.2) is 0 Å². The minimum absolute atomic E-state index is 0.190. The fourth-order valence-electron chi connectivity index (χ4n) is 2.53. The van der Waals surface area contributed by atoms with Gasteiger partial charge in [-0.2, -0.15) is 4.31 Å². The fourth-order valence-corrected chi connectivity index (χ4v) is 6.00. The van der Waals surface area contributed by atoms with Crippen molar-refractivity contribution in [3.8, 4) is 0 Å². The van der Waals surface area contributed by atoms with Crippen molar-refractivity contribution in [3.63, 3.8) is 0 Å². The zero-order chi connectivity index (χ0) is 13.9. The summed E-state index contributed by atoms with van der Waals surface area (Å²) in [4.78, 5) is 1.13. The number of nitrogens with zero attached hydrogens (tertiary/aromatic N) is 1. The van der Waals surface area contributed by atoms with Gasteiger partial charge < -0.3 is 0 Å². The third-order valence-corrected chi connectivity index (χ3v) is 7.75. The highest BCUT2D eigenvalue weighted by Gasteiger charge is 2.35. The topological polar surface area (TPSA) is 37.4 Å². The smallest absolute Gasteiger partial charge is 0.206 e. The standard InChI is InChI=1S/C13H20BrNO2S2/c1-2-12-7-8-13(18-12)19(16,17)15-10-4-6-11(15)5-3-9-14/h7-8,11H,2-6,9-10H2,1H3. The first kappa shape index (κ1) is 15.5. The lowest BCUT2D eigenvalue weighted by Crippen LogP contribution is -2.35. The van der Waals surface area contributed by atoms with Crippen molar-refractivity contribution in [1.29, 1.82) is 0 Å². The molecular formula is C13H20BrNO2S2. The lowest BCUT2D eigenvalue weighted by Gasteiger charge is -2.23. The summed E-state index contributed by atoms with van der Waals surface area (Å²) in [5.74, 6) is 0.